The van der Waals surface area contributed by atoms with Crippen molar-refractivity contribution < 1.29 is 13.9 Å². The average molecular weight is 500 g/mol. The summed E-state index contributed by atoms with van der Waals surface area (Å²) in [5, 5.41) is 6.42. The Bertz CT molecular complexity index is 1370. The number of anilines is 1. The van der Waals surface area contributed by atoms with Gasteiger partial charge in [-0.1, -0.05) is 29.3 Å². The molecule has 3 aromatic carbocycles. The van der Waals surface area contributed by atoms with E-state index in [1.807, 2.05) is 32.0 Å². The van der Waals surface area contributed by atoms with Crippen LogP contribution in [0, 0.1) is 6.92 Å². The number of benzene rings is 3. The van der Waals surface area contributed by atoms with Crippen molar-refractivity contribution in [1.82, 2.24) is 10.3 Å². The molecule has 0 unspecified atom stereocenters. The molecule has 1 amide bonds. The molecule has 4 aromatic rings. The van der Waals surface area contributed by atoms with Gasteiger partial charge in [-0.3, -0.25) is 10.1 Å². The lowest BCUT2D eigenvalue weighted by atomic mass is 10.2. The van der Waals surface area contributed by atoms with Gasteiger partial charge in [0.15, 0.2) is 10.7 Å². The molecule has 0 saturated heterocycles. The van der Waals surface area contributed by atoms with Crippen LogP contribution in [0.15, 0.2) is 59.0 Å². The Labute approximate surface area is 205 Å². The number of aryl methyl sites for hydroxylation is 1. The van der Waals surface area contributed by atoms with Crippen molar-refractivity contribution in [2.75, 3.05) is 11.9 Å². The second-order valence-electron chi connectivity index (χ2n) is 7.17. The third-order valence-electron chi connectivity index (χ3n) is 4.73. The summed E-state index contributed by atoms with van der Waals surface area (Å²) >= 11 is 17.8. The Morgan fingerprint density at radius 3 is 2.67 bits per heavy atom. The number of oxazole rings is 1. The summed E-state index contributed by atoms with van der Waals surface area (Å²) in [6, 6.07) is 15.8. The molecule has 0 fully saturated rings. The fourth-order valence-electron chi connectivity index (χ4n) is 3.16. The van der Waals surface area contributed by atoms with Gasteiger partial charge in [0.2, 0.25) is 5.89 Å². The lowest BCUT2D eigenvalue weighted by molar-refractivity contribution is 0.0977. The quantitative estimate of drug-likeness (QED) is 0.300. The van der Waals surface area contributed by atoms with E-state index < -0.39 is 5.91 Å². The standard InChI is InChI=1S/C24H19Cl2N3O3S/c1-3-31-20-9-6-14(11-17(20)26)22(30)29-24(33)28-18-12-15(5-7-16(18)25)23-27-19-10-13(2)4-8-21(19)32-23/h4-12H,3H2,1-2H3,(H2,28,29,30,33). The zero-order valence-electron chi connectivity index (χ0n) is 17.7. The van der Waals surface area contributed by atoms with Crippen LogP contribution in [0.4, 0.5) is 5.69 Å². The van der Waals surface area contributed by atoms with Gasteiger partial charge in [-0.05, 0) is 80.2 Å². The predicted molar refractivity (Wildman–Crippen MR) is 135 cm³/mol. The van der Waals surface area contributed by atoms with Crippen molar-refractivity contribution in [1.29, 1.82) is 0 Å². The highest BCUT2D eigenvalue weighted by molar-refractivity contribution is 7.80. The molecular weight excluding hydrogens is 481 g/mol. The number of ether oxygens (including phenoxy) is 1. The fraction of sp³-hybridized carbons (Fsp3) is 0.125. The van der Waals surface area contributed by atoms with Crippen molar-refractivity contribution in [3.8, 4) is 17.2 Å². The van der Waals surface area contributed by atoms with Crippen LogP contribution >= 0.6 is 35.4 Å². The van der Waals surface area contributed by atoms with E-state index in [1.54, 1.807) is 30.3 Å². The summed E-state index contributed by atoms with van der Waals surface area (Å²) in [7, 11) is 0. The van der Waals surface area contributed by atoms with Crippen LogP contribution in [0.25, 0.3) is 22.6 Å². The van der Waals surface area contributed by atoms with Gasteiger partial charge in [-0.2, -0.15) is 0 Å². The Morgan fingerprint density at radius 1 is 1.09 bits per heavy atom. The van der Waals surface area contributed by atoms with Crippen molar-refractivity contribution in [2.45, 2.75) is 13.8 Å². The number of carbonyl (C=O) groups excluding carboxylic acids is 1. The minimum atomic E-state index is -0.418. The molecule has 9 heteroatoms. The number of rotatable bonds is 5. The molecule has 0 spiro atoms. The van der Waals surface area contributed by atoms with Gasteiger partial charge in [0.05, 0.1) is 22.3 Å². The van der Waals surface area contributed by atoms with Crippen LogP contribution in [-0.2, 0) is 0 Å². The third-order valence-corrected chi connectivity index (χ3v) is 5.55. The second kappa shape index (κ2) is 9.79. The number of thiocarbonyl (C=S) groups is 1. The minimum absolute atomic E-state index is 0.0808. The number of hydrogen-bond donors (Lipinski definition) is 2. The number of halogens is 2. The van der Waals surface area contributed by atoms with E-state index in [0.717, 1.165) is 11.1 Å². The largest absolute Gasteiger partial charge is 0.492 e. The van der Waals surface area contributed by atoms with Gasteiger partial charge in [-0.15, -0.1) is 0 Å². The molecule has 0 saturated carbocycles. The maximum atomic E-state index is 12.6. The van der Waals surface area contributed by atoms with E-state index in [4.69, 9.17) is 44.6 Å². The normalized spacial score (nSPS) is 10.8. The van der Waals surface area contributed by atoms with E-state index in [9.17, 15) is 4.79 Å². The first kappa shape index (κ1) is 23.0. The van der Waals surface area contributed by atoms with E-state index >= 15 is 0 Å². The molecular formula is C24H19Cl2N3O3S. The summed E-state index contributed by atoms with van der Waals surface area (Å²) in [5.41, 5.74) is 4.11. The number of carbonyl (C=O) groups is 1. The summed E-state index contributed by atoms with van der Waals surface area (Å²) in [4.78, 5) is 17.1. The van der Waals surface area contributed by atoms with Gasteiger partial charge in [0.1, 0.15) is 11.3 Å². The van der Waals surface area contributed by atoms with Crippen LogP contribution < -0.4 is 15.4 Å². The Balaban J connectivity index is 1.49. The lowest BCUT2D eigenvalue weighted by Crippen LogP contribution is -2.34. The Kier molecular flexibility index (Phi) is 6.83. The van der Waals surface area contributed by atoms with Crippen molar-refractivity contribution in [3.63, 3.8) is 0 Å². The molecule has 33 heavy (non-hydrogen) atoms. The van der Waals surface area contributed by atoms with E-state index in [1.165, 1.54) is 6.07 Å². The number of fused-ring (bicyclic) bond motifs is 1. The first-order valence-corrected chi connectivity index (χ1v) is 11.2. The van der Waals surface area contributed by atoms with Gasteiger partial charge >= 0.3 is 0 Å². The molecule has 4 rings (SSSR count). The molecule has 6 nitrogen and oxygen atoms in total. The maximum absolute atomic E-state index is 12.6. The minimum Gasteiger partial charge on any atom is -0.492 e. The SMILES string of the molecule is CCOc1ccc(C(=O)NC(=S)Nc2cc(-c3nc4cc(C)ccc4o3)ccc2Cl)cc1Cl. The number of nitrogens with one attached hydrogen (secondary N) is 2. The molecule has 1 heterocycles. The summed E-state index contributed by atoms with van der Waals surface area (Å²) < 4.78 is 11.3. The topological polar surface area (TPSA) is 76.4 Å². The van der Waals surface area contributed by atoms with Gasteiger partial charge in [0.25, 0.3) is 5.91 Å². The molecule has 168 valence electrons. The van der Waals surface area contributed by atoms with E-state index in [0.29, 0.717) is 50.7 Å². The van der Waals surface area contributed by atoms with Crippen LogP contribution in [0.3, 0.4) is 0 Å². The summed E-state index contributed by atoms with van der Waals surface area (Å²) in [6.45, 7) is 4.32. The van der Waals surface area contributed by atoms with Gasteiger partial charge in [0, 0.05) is 11.1 Å². The monoisotopic (exact) mass is 499 g/mol. The van der Waals surface area contributed by atoms with Gasteiger partial charge in [-0.25, -0.2) is 4.98 Å². The summed E-state index contributed by atoms with van der Waals surface area (Å²) in [5.74, 6) is 0.544. The molecule has 0 aliphatic carbocycles. The highest BCUT2D eigenvalue weighted by Gasteiger charge is 2.14. The zero-order valence-corrected chi connectivity index (χ0v) is 20.1. The van der Waals surface area contributed by atoms with Crippen LogP contribution in [0.5, 0.6) is 5.75 Å². The van der Waals surface area contributed by atoms with Crippen LogP contribution in [0.1, 0.15) is 22.8 Å². The molecule has 0 aliphatic rings. The smallest absolute Gasteiger partial charge is 0.257 e. The maximum Gasteiger partial charge on any atom is 0.257 e. The lowest BCUT2D eigenvalue weighted by Gasteiger charge is -2.12. The first-order chi connectivity index (χ1) is 15.8. The Hall–Kier alpha value is -3.13. The fourth-order valence-corrected chi connectivity index (χ4v) is 3.76. The van der Waals surface area contributed by atoms with E-state index in [2.05, 4.69) is 15.6 Å². The molecule has 0 radical (unpaired) electrons. The van der Waals surface area contributed by atoms with Crippen molar-refractivity contribution >= 4 is 63.2 Å². The Morgan fingerprint density at radius 2 is 1.91 bits per heavy atom. The van der Waals surface area contributed by atoms with E-state index in [-0.39, 0.29) is 5.11 Å². The number of hydrogen-bond acceptors (Lipinski definition) is 5. The molecule has 0 bridgehead atoms. The van der Waals surface area contributed by atoms with Crippen molar-refractivity contribution in [2.24, 2.45) is 0 Å². The number of aromatic nitrogens is 1. The average Bonchev–Trinajstić information content (AvgIpc) is 3.20. The second-order valence-corrected chi connectivity index (χ2v) is 8.39. The van der Waals surface area contributed by atoms with Crippen LogP contribution in [-0.4, -0.2) is 22.6 Å². The zero-order chi connectivity index (χ0) is 23.5. The first-order valence-electron chi connectivity index (χ1n) is 10.1. The summed E-state index contributed by atoms with van der Waals surface area (Å²) in [6.07, 6.45) is 0. The predicted octanol–water partition coefficient (Wildman–Crippen LogP) is 6.64. The third kappa shape index (κ3) is 5.27. The highest BCUT2D eigenvalue weighted by Crippen LogP contribution is 2.31. The molecule has 2 N–H and O–H groups in total. The molecule has 0 aliphatic heterocycles. The highest BCUT2D eigenvalue weighted by atomic mass is 35.5. The number of amides is 1. The van der Waals surface area contributed by atoms with Crippen molar-refractivity contribution in [3.05, 3.63) is 75.8 Å². The van der Waals surface area contributed by atoms with Crippen LogP contribution in [0.2, 0.25) is 10.0 Å². The molecule has 0 atom stereocenters. The molecule has 1 aromatic heterocycles. The number of nitrogens with zero attached hydrogens (tertiary/aromatic N) is 1. The van der Waals surface area contributed by atoms with Gasteiger partial charge < -0.3 is 14.5 Å².